The van der Waals surface area contributed by atoms with Crippen LogP contribution < -0.4 is 43.0 Å². The molecule has 0 saturated heterocycles. The van der Waals surface area contributed by atoms with Gasteiger partial charge >= 0.3 is 12.4 Å². The Morgan fingerprint density at radius 3 is 1.82 bits per heavy atom. The lowest BCUT2D eigenvalue weighted by Crippen LogP contribution is -2.30. The minimum atomic E-state index is -4.46. The van der Waals surface area contributed by atoms with Gasteiger partial charge in [0.05, 0.1) is 33.4 Å². The fraction of sp³-hybridized carbons (Fsp3) is 0.130. The zero-order chi connectivity index (χ0) is 75.0. The molecule has 21 nitrogen and oxygen atoms in total. The molecule has 14 rings (SSSR count). The van der Waals surface area contributed by atoms with E-state index in [4.69, 9.17) is 17.3 Å². The van der Waals surface area contributed by atoms with Crippen LogP contribution in [-0.4, -0.2) is 80.7 Å². The molecule has 0 aliphatic carbocycles. The fourth-order valence-corrected chi connectivity index (χ4v) is 12.0. The first-order chi connectivity index (χ1) is 50.2. The van der Waals surface area contributed by atoms with E-state index in [-0.39, 0.29) is 40.7 Å². The van der Waals surface area contributed by atoms with Gasteiger partial charge in [0.15, 0.2) is 0 Å². The van der Waals surface area contributed by atoms with Crippen LogP contribution in [0.25, 0.3) is 33.2 Å². The summed E-state index contributed by atoms with van der Waals surface area (Å²) in [5, 5.41) is 42.3. The predicted molar refractivity (Wildman–Crippen MR) is 392 cm³/mol. The molecule has 28 heteroatoms. The number of fused-ring (bicyclic) bond motifs is 4. The number of benzene rings is 8. The topological polar surface area (TPSA) is 274 Å². The second-order valence-electron chi connectivity index (χ2n) is 23.8. The second kappa shape index (κ2) is 31.1. The molecule has 4 aromatic heterocycles. The highest BCUT2D eigenvalue weighted by Crippen LogP contribution is 2.41. The number of para-hydroxylation sites is 3. The number of carbonyl (C=O) groups is 3. The molecule has 2 aliphatic rings. The number of halogens is 7. The van der Waals surface area contributed by atoms with Crippen molar-refractivity contribution in [2.75, 3.05) is 40.3 Å². The Morgan fingerprint density at radius 1 is 0.648 bits per heavy atom. The Labute approximate surface area is 600 Å². The van der Waals surface area contributed by atoms with Crippen LogP contribution in [0.15, 0.2) is 241 Å². The maximum atomic E-state index is 13.6. The molecule has 105 heavy (non-hydrogen) atoms. The minimum Gasteiger partial charge on any atom is -0.506 e. The summed E-state index contributed by atoms with van der Waals surface area (Å²) in [4.78, 5) is 72.9. The summed E-state index contributed by atoms with van der Waals surface area (Å²) in [6, 6.07) is 53.4. The number of nitrogens with two attached hydrogens (primary N) is 1. The van der Waals surface area contributed by atoms with Crippen molar-refractivity contribution in [2.45, 2.75) is 51.4 Å². The number of hydrogen-bond donors (Lipinski definition) is 7. The molecule has 534 valence electrons. The van der Waals surface area contributed by atoms with Gasteiger partial charge in [-0.25, -0.2) is 9.36 Å². The number of alkyl halides is 6. The standard InChI is InChI=1S/C21H20F3N5.C20H17N3O4.C18H15ClN2O3.C18H13F3N4/c1-13-25-20-26-18(14-8-10-15(11-9-14)28(2)3)12-19(29(20)27-13)16-6-4-5-7-17(16)21(22,23)24;1-2-11-23-15-10-6-4-8-13(15)17(24)16(20(23)27)19(26)22-14-9-5-3-7-12(14)18(21)25;1-2-21-14-9-4-3-8-13(14)16(22)15(18(21)24)17(23)20-12-7-5-6-11(19)10-12;19-18(20,21)14-8-6-13(7-9-14)16-10-15(12-4-2-1-3-5-12)24-17-22-11-23-25(16)17/h4-12,19H,1-3H3,(H,25,26,27);2-10,24H,1,11H2,(H2,21,25)(H,22,26);3-10,22H,2H2,1H3,(H,20,23);1-11,16H,(H,22,23,24). The van der Waals surface area contributed by atoms with E-state index in [1.54, 1.807) is 109 Å². The summed E-state index contributed by atoms with van der Waals surface area (Å²) >= 11 is 5.90. The van der Waals surface area contributed by atoms with Crippen molar-refractivity contribution in [1.82, 2.24) is 38.7 Å². The lowest BCUT2D eigenvalue weighted by molar-refractivity contribution is -0.138. The summed E-state index contributed by atoms with van der Waals surface area (Å²) in [5.41, 5.74) is 9.04. The van der Waals surface area contributed by atoms with Gasteiger partial charge in [-0.3, -0.25) is 24.0 Å². The quantitative estimate of drug-likeness (QED) is 0.0418. The number of pyridine rings is 2. The molecule has 0 bridgehead atoms. The fourth-order valence-electron chi connectivity index (χ4n) is 11.8. The number of nitrogens with zero attached hydrogens (tertiary/aromatic N) is 9. The Kier molecular flexibility index (Phi) is 21.6. The van der Waals surface area contributed by atoms with Gasteiger partial charge in [0.1, 0.15) is 46.9 Å². The van der Waals surface area contributed by atoms with E-state index < -0.39 is 69.7 Å². The minimum absolute atomic E-state index is 0.0950. The van der Waals surface area contributed by atoms with Crippen LogP contribution in [0.3, 0.4) is 0 Å². The van der Waals surface area contributed by atoms with Gasteiger partial charge in [-0.05, 0) is 133 Å². The van der Waals surface area contributed by atoms with Crippen molar-refractivity contribution >= 4 is 91.5 Å². The number of primary amides is 1. The number of anilines is 5. The predicted octanol–water partition coefficient (Wildman–Crippen LogP) is 15.0. The monoisotopic (exact) mass is 1450 g/mol. The summed E-state index contributed by atoms with van der Waals surface area (Å²) < 4.78 is 85.2. The Bertz CT molecular complexity index is 5460. The zero-order valence-corrected chi connectivity index (χ0v) is 57.1. The molecule has 2 aliphatic heterocycles. The Morgan fingerprint density at radius 2 is 1.21 bits per heavy atom. The van der Waals surface area contributed by atoms with E-state index in [9.17, 15) is 60.5 Å². The molecule has 0 fully saturated rings. The molecule has 2 unspecified atom stereocenters. The molecule has 2 atom stereocenters. The average molecular weight is 1450 g/mol. The third-order valence-corrected chi connectivity index (χ3v) is 17.1. The maximum Gasteiger partial charge on any atom is 0.416 e. The van der Waals surface area contributed by atoms with Gasteiger partial charge in [-0.1, -0.05) is 133 Å². The van der Waals surface area contributed by atoms with Crippen molar-refractivity contribution in [3.63, 3.8) is 0 Å². The average Bonchev–Trinajstić information content (AvgIpc) is 1.34. The number of nitrogens with one attached hydrogen (secondary N) is 4. The number of aryl methyl sites for hydroxylation is 2. The molecule has 8 N–H and O–H groups in total. The van der Waals surface area contributed by atoms with E-state index in [2.05, 4.69) is 48.0 Å². The first-order valence-electron chi connectivity index (χ1n) is 32.3. The van der Waals surface area contributed by atoms with Crippen molar-refractivity contribution in [3.8, 4) is 11.5 Å². The molecular weight excluding hydrogens is 1380 g/mol. The zero-order valence-electron chi connectivity index (χ0n) is 56.3. The van der Waals surface area contributed by atoms with Gasteiger partial charge in [0.2, 0.25) is 11.9 Å². The van der Waals surface area contributed by atoms with Crippen molar-refractivity contribution in [3.05, 3.63) is 313 Å². The summed E-state index contributed by atoms with van der Waals surface area (Å²) in [5.74, 6) is -1.53. The summed E-state index contributed by atoms with van der Waals surface area (Å²) in [7, 11) is 3.89. The molecule has 12 aromatic rings. The van der Waals surface area contributed by atoms with Crippen molar-refractivity contribution in [2.24, 2.45) is 5.73 Å². The van der Waals surface area contributed by atoms with E-state index in [1.165, 1.54) is 62.6 Å². The van der Waals surface area contributed by atoms with Crippen LogP contribution in [0, 0.1) is 6.92 Å². The van der Waals surface area contributed by atoms with Gasteiger partial charge in [-0.15, -0.1) is 6.58 Å². The highest BCUT2D eigenvalue weighted by atomic mass is 35.5. The van der Waals surface area contributed by atoms with Gasteiger partial charge in [0, 0.05) is 65.7 Å². The molecule has 0 saturated carbocycles. The highest BCUT2D eigenvalue weighted by molar-refractivity contribution is 6.31. The molecule has 3 amide bonds. The number of allylic oxidation sites excluding steroid dienone is 3. The maximum absolute atomic E-state index is 13.6. The second-order valence-corrected chi connectivity index (χ2v) is 24.3. The number of aromatic nitrogens is 8. The molecule has 0 radical (unpaired) electrons. The molecule has 8 aromatic carbocycles. The number of rotatable bonds is 13. The van der Waals surface area contributed by atoms with Crippen LogP contribution in [-0.2, 0) is 25.4 Å². The first kappa shape index (κ1) is 73.2. The smallest absolute Gasteiger partial charge is 0.416 e. The van der Waals surface area contributed by atoms with Crippen molar-refractivity contribution < 1.29 is 50.9 Å². The molecule has 0 spiro atoms. The van der Waals surface area contributed by atoms with Gasteiger partial charge < -0.3 is 51.2 Å². The third kappa shape index (κ3) is 16.0. The van der Waals surface area contributed by atoms with Gasteiger partial charge in [0.25, 0.3) is 28.8 Å². The van der Waals surface area contributed by atoms with Crippen LogP contribution in [0.1, 0.15) is 89.3 Å². The highest BCUT2D eigenvalue weighted by Gasteiger charge is 2.38. The van der Waals surface area contributed by atoms with E-state index in [1.807, 2.05) is 86.6 Å². The van der Waals surface area contributed by atoms with Crippen molar-refractivity contribution in [1.29, 1.82) is 0 Å². The van der Waals surface area contributed by atoms with E-state index in [0.29, 0.717) is 68.0 Å². The van der Waals surface area contributed by atoms with E-state index >= 15 is 0 Å². The van der Waals surface area contributed by atoms with E-state index in [0.717, 1.165) is 40.7 Å². The Balaban J connectivity index is 0.000000140. The molecular formula is C77H65ClF6N14O7. The summed E-state index contributed by atoms with van der Waals surface area (Å²) in [6.45, 7) is 7.70. The SMILES string of the molecule is C=CCn1c(=O)c(C(=O)Nc2ccccc2C(N)=O)c(O)c2ccccc21.CCn1c(=O)c(C(=O)Nc2cccc(Cl)c2)c(O)c2ccccc21.Cc1nc2n(n1)C(c1ccccc1C(F)(F)F)C=C(c1ccc(N(C)C)cc1)N2.FC(F)(F)c1ccc(C2C=C(c3ccccc3)Nc3ncnn32)cc1. The van der Waals surface area contributed by atoms with Gasteiger partial charge in [-0.2, -0.15) is 46.5 Å². The number of carbonyl (C=O) groups excluding carboxylic acids is 3. The lowest BCUT2D eigenvalue weighted by atomic mass is 9.97. The normalized spacial score (nSPS) is 13.6. The number of aromatic hydroxyl groups is 2. The Hall–Kier alpha value is -13.0. The largest absolute Gasteiger partial charge is 0.506 e. The van der Waals surface area contributed by atoms with Crippen LogP contribution in [0.2, 0.25) is 5.02 Å². The summed E-state index contributed by atoms with van der Waals surface area (Å²) in [6.07, 6.45) is -2.18. The number of amides is 3. The van der Waals surface area contributed by atoms with Crippen LogP contribution in [0.5, 0.6) is 11.5 Å². The molecule has 6 heterocycles. The third-order valence-electron chi connectivity index (χ3n) is 16.8. The van der Waals surface area contributed by atoms with Crippen LogP contribution in [0.4, 0.5) is 55.3 Å². The number of hydrogen-bond acceptors (Lipinski definition) is 14. The van der Waals surface area contributed by atoms with Crippen LogP contribution >= 0.6 is 11.6 Å². The lowest BCUT2D eigenvalue weighted by Gasteiger charge is -2.26. The first-order valence-corrected chi connectivity index (χ1v) is 32.7.